The number of carbonyl (C=O) groups excluding carboxylic acids is 1. The van der Waals surface area contributed by atoms with E-state index >= 15 is 0 Å². The van der Waals surface area contributed by atoms with E-state index in [4.69, 9.17) is 0 Å². The molecule has 1 aliphatic rings. The minimum atomic E-state index is -0.216. The van der Waals surface area contributed by atoms with Crippen LogP contribution in [0.2, 0.25) is 0 Å². The first-order valence-corrected chi connectivity index (χ1v) is 10.4. The monoisotopic (exact) mass is 400 g/mol. The van der Waals surface area contributed by atoms with E-state index in [1.807, 2.05) is 29.2 Å². The number of amides is 1. The molecule has 0 aliphatic carbocycles. The van der Waals surface area contributed by atoms with E-state index in [1.54, 1.807) is 30.9 Å². The zero-order valence-corrected chi connectivity index (χ0v) is 16.8. The van der Waals surface area contributed by atoms with Gasteiger partial charge in [-0.1, -0.05) is 12.1 Å². The first kappa shape index (κ1) is 20.2. The molecule has 0 unspecified atom stereocenters. The van der Waals surface area contributed by atoms with Gasteiger partial charge in [0, 0.05) is 49.4 Å². The first-order valence-electron chi connectivity index (χ1n) is 9.38. The van der Waals surface area contributed by atoms with Gasteiger partial charge in [0.15, 0.2) is 5.96 Å². The van der Waals surface area contributed by atoms with Crippen LogP contribution in [0.4, 0.5) is 10.1 Å². The highest BCUT2D eigenvalue weighted by atomic mass is 32.2. The van der Waals surface area contributed by atoms with Crippen molar-refractivity contribution in [2.45, 2.75) is 24.3 Å². The molecule has 2 aromatic rings. The molecule has 0 saturated carbocycles. The van der Waals surface area contributed by atoms with Crippen LogP contribution >= 0.6 is 11.8 Å². The molecule has 1 aliphatic heterocycles. The Balaban J connectivity index is 1.40. The number of aliphatic imine (C=N–C) groups is 1. The lowest BCUT2D eigenvalue weighted by molar-refractivity contribution is -0.117. The summed E-state index contributed by atoms with van der Waals surface area (Å²) in [5.74, 6) is 1.57. The average Bonchev–Trinajstić information content (AvgIpc) is 3.15. The minimum absolute atomic E-state index is 0.203. The third-order valence-electron chi connectivity index (χ3n) is 4.48. The van der Waals surface area contributed by atoms with E-state index in [0.717, 1.165) is 47.4 Å². The number of benzene rings is 2. The van der Waals surface area contributed by atoms with Gasteiger partial charge in [-0.05, 0) is 48.4 Å². The number of guanidine groups is 1. The number of hydrogen-bond acceptors (Lipinski definition) is 3. The van der Waals surface area contributed by atoms with Crippen molar-refractivity contribution in [3.63, 3.8) is 0 Å². The molecule has 1 saturated heterocycles. The van der Waals surface area contributed by atoms with Crippen molar-refractivity contribution in [2.75, 3.05) is 30.8 Å². The zero-order chi connectivity index (χ0) is 19.8. The normalized spacial score (nSPS) is 14.4. The molecule has 1 amide bonds. The second kappa shape index (κ2) is 10.1. The molecule has 28 heavy (non-hydrogen) atoms. The van der Waals surface area contributed by atoms with E-state index in [9.17, 15) is 9.18 Å². The Morgan fingerprint density at radius 2 is 1.89 bits per heavy atom. The molecule has 5 nitrogen and oxygen atoms in total. The number of hydrogen-bond donors (Lipinski definition) is 2. The number of nitrogens with zero attached hydrogens (tertiary/aromatic N) is 2. The molecule has 7 heteroatoms. The van der Waals surface area contributed by atoms with E-state index in [2.05, 4.69) is 15.6 Å². The average molecular weight is 401 g/mol. The molecular formula is C21H25FN4OS. The highest BCUT2D eigenvalue weighted by Gasteiger charge is 2.21. The SMILES string of the molecule is CN=C(NCCSc1ccc(F)cc1)NCc1ccc(N2CCCC2=O)cc1. The maximum atomic E-state index is 12.9. The Kier molecular flexibility index (Phi) is 7.31. The van der Waals surface area contributed by atoms with Gasteiger partial charge in [0.25, 0.3) is 0 Å². The summed E-state index contributed by atoms with van der Waals surface area (Å²) in [4.78, 5) is 18.9. The summed E-state index contributed by atoms with van der Waals surface area (Å²) in [6.45, 7) is 2.21. The Bertz CT molecular complexity index is 808. The lowest BCUT2D eigenvalue weighted by Crippen LogP contribution is -2.37. The molecule has 0 aromatic heterocycles. The van der Waals surface area contributed by atoms with Gasteiger partial charge in [-0.2, -0.15) is 0 Å². The van der Waals surface area contributed by atoms with Crippen LogP contribution in [0.25, 0.3) is 0 Å². The van der Waals surface area contributed by atoms with Crippen molar-refractivity contribution < 1.29 is 9.18 Å². The standard InChI is InChI=1S/C21H25FN4OS/c1-23-21(24-12-14-28-19-10-6-17(22)7-11-19)25-15-16-4-8-18(9-5-16)26-13-2-3-20(26)27/h4-11H,2-3,12-15H2,1H3,(H2,23,24,25). The maximum absolute atomic E-state index is 12.9. The van der Waals surface area contributed by atoms with Crippen LogP contribution in [0.15, 0.2) is 58.4 Å². The van der Waals surface area contributed by atoms with Crippen molar-refractivity contribution in [2.24, 2.45) is 4.99 Å². The summed E-state index contributed by atoms with van der Waals surface area (Å²) >= 11 is 1.67. The summed E-state index contributed by atoms with van der Waals surface area (Å²) in [6.07, 6.45) is 1.58. The van der Waals surface area contributed by atoms with Gasteiger partial charge in [0.2, 0.25) is 5.91 Å². The largest absolute Gasteiger partial charge is 0.356 e. The van der Waals surface area contributed by atoms with Crippen LogP contribution in [0, 0.1) is 5.82 Å². The van der Waals surface area contributed by atoms with Crippen molar-refractivity contribution >= 4 is 29.3 Å². The van der Waals surface area contributed by atoms with Crippen molar-refractivity contribution in [1.82, 2.24) is 10.6 Å². The number of thioether (sulfide) groups is 1. The lowest BCUT2D eigenvalue weighted by atomic mass is 10.2. The van der Waals surface area contributed by atoms with Crippen molar-refractivity contribution in [3.05, 3.63) is 59.9 Å². The first-order chi connectivity index (χ1) is 13.7. The fraction of sp³-hybridized carbons (Fsp3) is 0.333. The minimum Gasteiger partial charge on any atom is -0.356 e. The maximum Gasteiger partial charge on any atom is 0.227 e. The topological polar surface area (TPSA) is 56.7 Å². The third-order valence-corrected chi connectivity index (χ3v) is 5.50. The van der Waals surface area contributed by atoms with Crippen LogP contribution in [0.1, 0.15) is 18.4 Å². The summed E-state index contributed by atoms with van der Waals surface area (Å²) in [5.41, 5.74) is 2.09. The van der Waals surface area contributed by atoms with Crippen LogP contribution in [-0.4, -0.2) is 37.8 Å². The quantitative estimate of drug-likeness (QED) is 0.324. The smallest absolute Gasteiger partial charge is 0.227 e. The Morgan fingerprint density at radius 3 is 2.54 bits per heavy atom. The fourth-order valence-corrected chi connectivity index (χ4v) is 3.76. The molecule has 148 valence electrons. The molecule has 2 aromatic carbocycles. The van der Waals surface area contributed by atoms with Gasteiger partial charge in [-0.3, -0.25) is 9.79 Å². The highest BCUT2D eigenvalue weighted by molar-refractivity contribution is 7.99. The van der Waals surface area contributed by atoms with Crippen molar-refractivity contribution in [3.8, 4) is 0 Å². The van der Waals surface area contributed by atoms with E-state index in [1.165, 1.54) is 12.1 Å². The van der Waals surface area contributed by atoms with Gasteiger partial charge in [-0.15, -0.1) is 11.8 Å². The van der Waals surface area contributed by atoms with E-state index in [0.29, 0.717) is 13.0 Å². The summed E-state index contributed by atoms with van der Waals surface area (Å²) in [5, 5.41) is 6.56. The molecule has 0 bridgehead atoms. The number of anilines is 1. The number of carbonyl (C=O) groups is 1. The Labute approximate surface area is 169 Å². The molecule has 0 radical (unpaired) electrons. The number of nitrogens with one attached hydrogen (secondary N) is 2. The summed E-state index contributed by atoms with van der Waals surface area (Å²) in [7, 11) is 1.74. The van der Waals surface area contributed by atoms with Gasteiger partial charge < -0.3 is 15.5 Å². The molecular weight excluding hydrogens is 375 g/mol. The van der Waals surface area contributed by atoms with E-state index in [-0.39, 0.29) is 11.7 Å². The third kappa shape index (κ3) is 5.73. The Hall–Kier alpha value is -2.54. The van der Waals surface area contributed by atoms with Crippen LogP contribution in [-0.2, 0) is 11.3 Å². The molecule has 1 heterocycles. The van der Waals surface area contributed by atoms with E-state index < -0.39 is 0 Å². The predicted octanol–water partition coefficient (Wildman–Crippen LogP) is 3.41. The summed E-state index contributed by atoms with van der Waals surface area (Å²) in [6, 6.07) is 14.6. The molecule has 0 spiro atoms. The molecule has 0 atom stereocenters. The van der Waals surface area contributed by atoms with Gasteiger partial charge in [0.1, 0.15) is 5.82 Å². The van der Waals surface area contributed by atoms with Crippen LogP contribution in [0.5, 0.6) is 0 Å². The second-order valence-electron chi connectivity index (χ2n) is 6.47. The zero-order valence-electron chi connectivity index (χ0n) is 16.0. The van der Waals surface area contributed by atoms with Gasteiger partial charge >= 0.3 is 0 Å². The summed E-state index contributed by atoms with van der Waals surface area (Å²) < 4.78 is 12.9. The second-order valence-corrected chi connectivity index (χ2v) is 7.64. The van der Waals surface area contributed by atoms with Gasteiger partial charge in [-0.25, -0.2) is 4.39 Å². The Morgan fingerprint density at radius 1 is 1.14 bits per heavy atom. The molecule has 1 fully saturated rings. The molecule has 3 rings (SSSR count). The van der Waals surface area contributed by atoms with Crippen LogP contribution < -0.4 is 15.5 Å². The lowest BCUT2D eigenvalue weighted by Gasteiger charge is -2.16. The molecule has 2 N–H and O–H groups in total. The van der Waals surface area contributed by atoms with Crippen LogP contribution in [0.3, 0.4) is 0 Å². The van der Waals surface area contributed by atoms with Gasteiger partial charge in [0.05, 0.1) is 0 Å². The number of halogens is 1. The fourth-order valence-electron chi connectivity index (χ4n) is 2.99. The number of rotatable bonds is 7. The van der Waals surface area contributed by atoms with Crippen molar-refractivity contribution in [1.29, 1.82) is 0 Å². The highest BCUT2D eigenvalue weighted by Crippen LogP contribution is 2.21. The predicted molar refractivity (Wildman–Crippen MR) is 113 cm³/mol.